The summed E-state index contributed by atoms with van der Waals surface area (Å²) in [6, 6.07) is -0.0695. The molecule has 1 unspecified atom stereocenters. The van der Waals surface area contributed by atoms with Gasteiger partial charge in [0.25, 0.3) is 5.56 Å². The molecule has 1 atom stereocenters. The van der Waals surface area contributed by atoms with Crippen LogP contribution in [0, 0.1) is 19.8 Å². The fourth-order valence-corrected chi connectivity index (χ4v) is 3.00. The van der Waals surface area contributed by atoms with Crippen molar-refractivity contribution in [3.8, 4) is 0 Å². The van der Waals surface area contributed by atoms with E-state index in [4.69, 9.17) is 5.11 Å². The smallest absolute Gasteiger partial charge is 0.276 e. The summed E-state index contributed by atoms with van der Waals surface area (Å²) in [5.41, 5.74) is 2.71. The minimum atomic E-state index is -0.142. The van der Waals surface area contributed by atoms with Gasteiger partial charge in [-0.3, -0.25) is 19.4 Å². The summed E-state index contributed by atoms with van der Waals surface area (Å²) in [5.74, 6) is 0.114. The molecule has 0 saturated heterocycles. The molecule has 0 radical (unpaired) electrons. The van der Waals surface area contributed by atoms with Gasteiger partial charge in [-0.05, 0) is 37.3 Å². The molecule has 0 aliphatic heterocycles. The molecule has 7 heteroatoms. The normalized spacial score (nSPS) is 12.8. The summed E-state index contributed by atoms with van der Waals surface area (Å²) in [6.07, 6.45) is 0.695. The third-order valence-corrected chi connectivity index (χ3v) is 4.50. The van der Waals surface area contributed by atoms with Crippen LogP contribution >= 0.6 is 0 Å². The van der Waals surface area contributed by atoms with Crippen LogP contribution in [0.1, 0.15) is 37.1 Å². The van der Waals surface area contributed by atoms with Gasteiger partial charge in [-0.15, -0.1) is 0 Å². The highest BCUT2D eigenvalue weighted by molar-refractivity contribution is 5.84. The van der Waals surface area contributed by atoms with Gasteiger partial charge in [-0.1, -0.05) is 13.8 Å². The Kier molecular flexibility index (Phi) is 5.43. The van der Waals surface area contributed by atoms with Crippen LogP contribution in [0.3, 0.4) is 0 Å². The number of hydrogen-bond acceptors (Lipinski definition) is 4. The van der Waals surface area contributed by atoms with Crippen molar-refractivity contribution in [3.05, 3.63) is 27.2 Å². The van der Waals surface area contributed by atoms with Crippen molar-refractivity contribution in [2.45, 2.75) is 46.6 Å². The molecule has 2 rings (SSSR count). The standard InChI is InChI=1S/C17H26N4O3/c1-9(2)13(6-7-22)19-14(23)8-12-10(3)15-16(18-11(12)4)20-21(5)17(15)24/h9,13,22H,6-8H2,1-5H3,(H,18,20)(H,19,23). The number of pyridine rings is 1. The van der Waals surface area contributed by atoms with E-state index >= 15 is 0 Å². The van der Waals surface area contributed by atoms with E-state index in [1.54, 1.807) is 7.05 Å². The Morgan fingerprint density at radius 3 is 2.62 bits per heavy atom. The molecule has 0 aliphatic rings. The van der Waals surface area contributed by atoms with E-state index < -0.39 is 0 Å². The molecule has 3 N–H and O–H groups in total. The van der Waals surface area contributed by atoms with Crippen molar-refractivity contribution in [3.63, 3.8) is 0 Å². The summed E-state index contributed by atoms with van der Waals surface area (Å²) < 4.78 is 1.39. The minimum absolute atomic E-state index is 0.0358. The molecule has 0 spiro atoms. The number of carbonyl (C=O) groups is 1. The molecule has 0 saturated carbocycles. The van der Waals surface area contributed by atoms with Crippen LogP contribution in [0.2, 0.25) is 0 Å². The number of aromatic amines is 1. The maximum atomic E-state index is 12.4. The lowest BCUT2D eigenvalue weighted by molar-refractivity contribution is -0.121. The number of aliphatic hydroxyl groups excluding tert-OH is 1. The Hall–Kier alpha value is -2.15. The fourth-order valence-electron chi connectivity index (χ4n) is 3.00. The number of nitrogens with one attached hydrogen (secondary N) is 2. The highest BCUT2D eigenvalue weighted by Crippen LogP contribution is 2.20. The molecular formula is C17H26N4O3. The third-order valence-electron chi connectivity index (χ3n) is 4.50. The molecular weight excluding hydrogens is 308 g/mol. The van der Waals surface area contributed by atoms with Gasteiger partial charge < -0.3 is 10.4 Å². The van der Waals surface area contributed by atoms with Crippen LogP contribution < -0.4 is 10.9 Å². The first-order chi connectivity index (χ1) is 11.3. The summed E-state index contributed by atoms with van der Waals surface area (Å²) in [7, 11) is 1.65. The summed E-state index contributed by atoms with van der Waals surface area (Å²) in [5, 5.41) is 15.5. The first-order valence-electron chi connectivity index (χ1n) is 8.21. The van der Waals surface area contributed by atoms with Crippen molar-refractivity contribution in [2.75, 3.05) is 6.61 Å². The lowest BCUT2D eigenvalue weighted by Gasteiger charge is -2.22. The number of aromatic nitrogens is 3. The van der Waals surface area contributed by atoms with Gasteiger partial charge in [0.05, 0.1) is 11.8 Å². The SMILES string of the molecule is Cc1nc2[nH]n(C)c(=O)c2c(C)c1CC(=O)NC(CCO)C(C)C. The highest BCUT2D eigenvalue weighted by Gasteiger charge is 2.20. The number of aliphatic hydroxyl groups is 1. The number of hydrogen-bond donors (Lipinski definition) is 3. The zero-order valence-electron chi connectivity index (χ0n) is 14.9. The van der Waals surface area contributed by atoms with Gasteiger partial charge in [-0.25, -0.2) is 4.98 Å². The van der Waals surface area contributed by atoms with Crippen molar-refractivity contribution in [1.82, 2.24) is 20.1 Å². The summed E-state index contributed by atoms with van der Waals surface area (Å²) in [4.78, 5) is 29.1. The molecule has 2 aromatic heterocycles. The van der Waals surface area contributed by atoms with Crippen molar-refractivity contribution < 1.29 is 9.90 Å². The second-order valence-corrected chi connectivity index (χ2v) is 6.61. The van der Waals surface area contributed by atoms with Gasteiger partial charge in [0.1, 0.15) is 0 Å². The van der Waals surface area contributed by atoms with E-state index in [2.05, 4.69) is 15.4 Å². The number of nitrogens with zero attached hydrogens (tertiary/aromatic N) is 2. The van der Waals surface area contributed by atoms with Gasteiger partial charge in [-0.2, -0.15) is 0 Å². The molecule has 0 bridgehead atoms. The second-order valence-electron chi connectivity index (χ2n) is 6.61. The van der Waals surface area contributed by atoms with E-state index in [-0.39, 0.29) is 36.5 Å². The first-order valence-corrected chi connectivity index (χ1v) is 8.21. The summed E-state index contributed by atoms with van der Waals surface area (Å²) >= 11 is 0. The molecule has 0 fully saturated rings. The number of carbonyl (C=O) groups excluding carboxylic acids is 1. The Morgan fingerprint density at radius 2 is 2.04 bits per heavy atom. The number of amides is 1. The lowest BCUT2D eigenvalue weighted by atomic mass is 9.99. The molecule has 0 aliphatic carbocycles. The largest absolute Gasteiger partial charge is 0.396 e. The quantitative estimate of drug-likeness (QED) is 0.732. The average Bonchev–Trinajstić information content (AvgIpc) is 2.77. The highest BCUT2D eigenvalue weighted by atomic mass is 16.3. The maximum Gasteiger partial charge on any atom is 0.276 e. The van der Waals surface area contributed by atoms with Crippen LogP contribution in [0.5, 0.6) is 0 Å². The monoisotopic (exact) mass is 334 g/mol. The van der Waals surface area contributed by atoms with Gasteiger partial charge in [0.2, 0.25) is 5.91 Å². The van der Waals surface area contributed by atoms with Crippen molar-refractivity contribution in [2.24, 2.45) is 13.0 Å². The average molecular weight is 334 g/mol. The Labute approximate surface area is 141 Å². The lowest BCUT2D eigenvalue weighted by Crippen LogP contribution is -2.40. The Bertz CT molecular complexity index is 804. The van der Waals surface area contributed by atoms with Crippen molar-refractivity contribution in [1.29, 1.82) is 0 Å². The zero-order chi connectivity index (χ0) is 18.0. The second kappa shape index (κ2) is 7.17. The van der Waals surface area contributed by atoms with Gasteiger partial charge in [0, 0.05) is 25.4 Å². The van der Waals surface area contributed by atoms with Crippen LogP contribution in [-0.2, 0) is 18.3 Å². The van der Waals surface area contributed by atoms with E-state index in [0.29, 0.717) is 17.5 Å². The molecule has 7 nitrogen and oxygen atoms in total. The van der Waals surface area contributed by atoms with Crippen LogP contribution in [0.4, 0.5) is 0 Å². The van der Waals surface area contributed by atoms with E-state index in [1.165, 1.54) is 4.68 Å². The maximum absolute atomic E-state index is 12.4. The van der Waals surface area contributed by atoms with E-state index in [9.17, 15) is 9.59 Å². The predicted molar refractivity (Wildman–Crippen MR) is 93.0 cm³/mol. The van der Waals surface area contributed by atoms with Crippen LogP contribution in [0.25, 0.3) is 11.0 Å². The van der Waals surface area contributed by atoms with Crippen LogP contribution in [-0.4, -0.2) is 38.4 Å². The Balaban J connectivity index is 2.31. The van der Waals surface area contributed by atoms with Crippen LogP contribution in [0.15, 0.2) is 4.79 Å². The molecule has 132 valence electrons. The predicted octanol–water partition coefficient (Wildman–Crippen LogP) is 0.944. The van der Waals surface area contributed by atoms with Gasteiger partial charge >= 0.3 is 0 Å². The minimum Gasteiger partial charge on any atom is -0.396 e. The van der Waals surface area contributed by atoms with Crippen molar-refractivity contribution >= 4 is 16.9 Å². The molecule has 2 aromatic rings. The number of aryl methyl sites for hydroxylation is 3. The third kappa shape index (κ3) is 3.51. The molecule has 0 aromatic carbocycles. The molecule has 2 heterocycles. The molecule has 1 amide bonds. The van der Waals surface area contributed by atoms with E-state index in [1.807, 2.05) is 27.7 Å². The summed E-state index contributed by atoms with van der Waals surface area (Å²) in [6.45, 7) is 7.74. The number of fused-ring (bicyclic) bond motifs is 1. The first kappa shape index (κ1) is 18.2. The van der Waals surface area contributed by atoms with Gasteiger partial charge in [0.15, 0.2) is 5.65 Å². The number of H-pyrrole nitrogens is 1. The topological polar surface area (TPSA) is 100 Å². The molecule has 24 heavy (non-hydrogen) atoms. The number of rotatable bonds is 6. The van der Waals surface area contributed by atoms with E-state index in [0.717, 1.165) is 16.8 Å². The zero-order valence-corrected chi connectivity index (χ0v) is 14.9. The Morgan fingerprint density at radius 1 is 1.38 bits per heavy atom. The fraction of sp³-hybridized carbons (Fsp3) is 0.588.